The van der Waals surface area contributed by atoms with Crippen LogP contribution in [0.25, 0.3) is 0 Å². The molecule has 24 heavy (non-hydrogen) atoms. The SMILES string of the molecule is Cn1c(CN2CCCC2Cc2cccc(F)c2)cc(=O)n(C)c1=O. The van der Waals surface area contributed by atoms with Crippen LogP contribution in [0.2, 0.25) is 0 Å². The average Bonchev–Trinajstić information content (AvgIpc) is 2.97. The van der Waals surface area contributed by atoms with E-state index in [1.807, 2.05) is 6.07 Å². The van der Waals surface area contributed by atoms with Crippen LogP contribution in [0.1, 0.15) is 24.1 Å². The lowest BCUT2D eigenvalue weighted by molar-refractivity contribution is 0.237. The van der Waals surface area contributed by atoms with Gasteiger partial charge in [-0.3, -0.25) is 18.8 Å². The van der Waals surface area contributed by atoms with Gasteiger partial charge in [0.2, 0.25) is 0 Å². The Hall–Kier alpha value is -2.21. The van der Waals surface area contributed by atoms with Crippen molar-refractivity contribution < 1.29 is 4.39 Å². The molecule has 1 fully saturated rings. The van der Waals surface area contributed by atoms with E-state index < -0.39 is 0 Å². The fraction of sp³-hybridized carbons (Fsp3) is 0.444. The van der Waals surface area contributed by atoms with E-state index >= 15 is 0 Å². The highest BCUT2D eigenvalue weighted by atomic mass is 19.1. The molecule has 1 atom stereocenters. The zero-order chi connectivity index (χ0) is 17.3. The van der Waals surface area contributed by atoms with Gasteiger partial charge in [-0.2, -0.15) is 0 Å². The quantitative estimate of drug-likeness (QED) is 0.851. The molecule has 0 bridgehead atoms. The van der Waals surface area contributed by atoms with Crippen LogP contribution in [-0.4, -0.2) is 26.6 Å². The topological polar surface area (TPSA) is 47.2 Å². The number of benzene rings is 1. The van der Waals surface area contributed by atoms with Crippen LogP contribution in [0.5, 0.6) is 0 Å². The number of nitrogens with zero attached hydrogens (tertiary/aromatic N) is 3. The van der Waals surface area contributed by atoms with E-state index in [-0.39, 0.29) is 17.1 Å². The molecular formula is C18H22FN3O2. The smallest absolute Gasteiger partial charge is 0.299 e. The number of aromatic nitrogens is 2. The predicted molar refractivity (Wildman–Crippen MR) is 90.5 cm³/mol. The summed E-state index contributed by atoms with van der Waals surface area (Å²) in [4.78, 5) is 26.2. The third-order valence-electron chi connectivity index (χ3n) is 4.85. The minimum Gasteiger partial charge on any atom is -0.299 e. The number of rotatable bonds is 4. The normalized spacial score (nSPS) is 18.2. The average molecular weight is 331 g/mol. The van der Waals surface area contributed by atoms with Crippen molar-refractivity contribution in [1.29, 1.82) is 0 Å². The van der Waals surface area contributed by atoms with Gasteiger partial charge in [-0.15, -0.1) is 0 Å². The van der Waals surface area contributed by atoms with Crippen molar-refractivity contribution in [3.05, 3.63) is 68.2 Å². The van der Waals surface area contributed by atoms with E-state index in [0.29, 0.717) is 18.3 Å². The van der Waals surface area contributed by atoms with E-state index in [1.54, 1.807) is 19.2 Å². The molecular weight excluding hydrogens is 309 g/mol. The molecule has 0 amide bonds. The lowest BCUT2D eigenvalue weighted by Crippen LogP contribution is -2.40. The summed E-state index contributed by atoms with van der Waals surface area (Å²) in [6, 6.07) is 8.52. The van der Waals surface area contributed by atoms with Crippen molar-refractivity contribution in [2.75, 3.05) is 6.54 Å². The lowest BCUT2D eigenvalue weighted by Gasteiger charge is -2.25. The number of hydrogen-bond acceptors (Lipinski definition) is 3. The van der Waals surface area contributed by atoms with E-state index in [1.165, 1.54) is 23.7 Å². The first-order valence-corrected chi connectivity index (χ1v) is 8.20. The second-order valence-electron chi connectivity index (χ2n) is 6.48. The first kappa shape index (κ1) is 16.6. The van der Waals surface area contributed by atoms with Gasteiger partial charge >= 0.3 is 5.69 Å². The summed E-state index contributed by atoms with van der Waals surface area (Å²) in [6.07, 6.45) is 2.88. The summed E-state index contributed by atoms with van der Waals surface area (Å²) in [5, 5.41) is 0. The molecule has 3 rings (SSSR count). The van der Waals surface area contributed by atoms with Gasteiger partial charge in [-0.05, 0) is 43.5 Å². The zero-order valence-electron chi connectivity index (χ0n) is 14.0. The van der Waals surface area contributed by atoms with Crippen molar-refractivity contribution in [3.8, 4) is 0 Å². The van der Waals surface area contributed by atoms with Crippen LogP contribution < -0.4 is 11.2 Å². The van der Waals surface area contributed by atoms with Crippen LogP contribution in [0.3, 0.4) is 0 Å². The third kappa shape index (κ3) is 3.33. The summed E-state index contributed by atoms with van der Waals surface area (Å²) in [5.74, 6) is -0.217. The molecule has 128 valence electrons. The second kappa shape index (κ2) is 6.73. The molecule has 0 spiro atoms. The Morgan fingerprint density at radius 3 is 2.71 bits per heavy atom. The van der Waals surface area contributed by atoms with Crippen molar-refractivity contribution in [2.24, 2.45) is 14.1 Å². The van der Waals surface area contributed by atoms with Crippen LogP contribution >= 0.6 is 0 Å². The Morgan fingerprint density at radius 2 is 1.96 bits per heavy atom. The molecule has 2 aromatic rings. The van der Waals surface area contributed by atoms with Gasteiger partial charge in [0.05, 0.1) is 0 Å². The fourth-order valence-electron chi connectivity index (χ4n) is 3.41. The first-order chi connectivity index (χ1) is 11.5. The lowest BCUT2D eigenvalue weighted by atomic mass is 10.0. The maximum absolute atomic E-state index is 13.4. The molecule has 1 aromatic carbocycles. The molecule has 0 N–H and O–H groups in total. The van der Waals surface area contributed by atoms with Gasteiger partial charge in [0.15, 0.2) is 0 Å². The summed E-state index contributed by atoms with van der Waals surface area (Å²) in [7, 11) is 3.17. The summed E-state index contributed by atoms with van der Waals surface area (Å²) in [6.45, 7) is 1.48. The molecule has 0 saturated carbocycles. The van der Waals surface area contributed by atoms with E-state index in [2.05, 4.69) is 4.90 Å². The van der Waals surface area contributed by atoms with Crippen molar-refractivity contribution in [1.82, 2.24) is 14.0 Å². The molecule has 1 unspecified atom stereocenters. The van der Waals surface area contributed by atoms with Crippen molar-refractivity contribution >= 4 is 0 Å². The number of likely N-dealkylation sites (tertiary alicyclic amines) is 1. The zero-order valence-corrected chi connectivity index (χ0v) is 14.0. The van der Waals surface area contributed by atoms with Crippen LogP contribution in [0.4, 0.5) is 4.39 Å². The van der Waals surface area contributed by atoms with Crippen LogP contribution in [0.15, 0.2) is 39.9 Å². The Balaban J connectivity index is 1.80. The standard InChI is InChI=1S/C18H22FN3O2/c1-20-16(11-17(23)21(2)18(20)24)12-22-8-4-7-15(22)10-13-5-3-6-14(19)9-13/h3,5-6,9,11,15H,4,7-8,10,12H2,1-2H3. The predicted octanol–water partition coefficient (Wildman–Crippen LogP) is 1.43. The maximum atomic E-state index is 13.4. The monoisotopic (exact) mass is 331 g/mol. The highest BCUT2D eigenvalue weighted by Crippen LogP contribution is 2.23. The van der Waals surface area contributed by atoms with E-state index in [4.69, 9.17) is 0 Å². The van der Waals surface area contributed by atoms with Crippen LogP contribution in [-0.2, 0) is 27.1 Å². The van der Waals surface area contributed by atoms with Gasteiger partial charge in [0.1, 0.15) is 5.82 Å². The largest absolute Gasteiger partial charge is 0.330 e. The highest BCUT2D eigenvalue weighted by Gasteiger charge is 2.25. The van der Waals surface area contributed by atoms with Gasteiger partial charge in [-0.1, -0.05) is 12.1 Å². The third-order valence-corrected chi connectivity index (χ3v) is 4.85. The minimum absolute atomic E-state index is 0.217. The molecule has 1 aromatic heterocycles. The molecule has 1 saturated heterocycles. The molecule has 2 heterocycles. The van der Waals surface area contributed by atoms with E-state index in [9.17, 15) is 14.0 Å². The van der Waals surface area contributed by atoms with Gasteiger partial charge in [-0.25, -0.2) is 9.18 Å². The maximum Gasteiger partial charge on any atom is 0.330 e. The molecule has 5 nitrogen and oxygen atoms in total. The molecule has 0 radical (unpaired) electrons. The van der Waals surface area contributed by atoms with Crippen molar-refractivity contribution in [2.45, 2.75) is 31.8 Å². The van der Waals surface area contributed by atoms with Gasteiger partial charge in [0.25, 0.3) is 5.56 Å². The van der Waals surface area contributed by atoms with Crippen LogP contribution in [0, 0.1) is 5.82 Å². The summed E-state index contributed by atoms with van der Waals surface area (Å²) in [5.41, 5.74) is 1.10. The molecule has 1 aliphatic rings. The van der Waals surface area contributed by atoms with E-state index in [0.717, 1.165) is 35.9 Å². The minimum atomic E-state index is -0.307. The Morgan fingerprint density at radius 1 is 1.17 bits per heavy atom. The molecule has 1 aliphatic heterocycles. The van der Waals surface area contributed by atoms with Gasteiger partial charge < -0.3 is 0 Å². The highest BCUT2D eigenvalue weighted by molar-refractivity contribution is 5.18. The Bertz CT molecular complexity index is 856. The first-order valence-electron chi connectivity index (χ1n) is 8.20. The molecule has 0 aliphatic carbocycles. The summed E-state index contributed by atoms with van der Waals surface area (Å²) < 4.78 is 16.0. The molecule has 6 heteroatoms. The summed E-state index contributed by atoms with van der Waals surface area (Å²) >= 11 is 0. The Kier molecular flexibility index (Phi) is 4.66. The second-order valence-corrected chi connectivity index (χ2v) is 6.48. The van der Waals surface area contributed by atoms with Crippen molar-refractivity contribution in [3.63, 3.8) is 0 Å². The number of hydrogen-bond donors (Lipinski definition) is 0. The number of halogens is 1. The fourth-order valence-corrected chi connectivity index (χ4v) is 3.41. The van der Waals surface area contributed by atoms with Gasteiger partial charge in [0, 0.05) is 38.4 Å². The Labute approximate surface area is 140 Å².